The van der Waals surface area contributed by atoms with Crippen molar-refractivity contribution in [2.24, 2.45) is 0 Å². The summed E-state index contributed by atoms with van der Waals surface area (Å²) in [6, 6.07) is -0.0733. The highest BCUT2D eigenvalue weighted by molar-refractivity contribution is 7.98. The lowest BCUT2D eigenvalue weighted by molar-refractivity contribution is 0.282. The molecule has 7 heteroatoms. The van der Waals surface area contributed by atoms with Crippen LogP contribution in [0.1, 0.15) is 17.4 Å². The van der Waals surface area contributed by atoms with Crippen LogP contribution in [0.3, 0.4) is 0 Å². The van der Waals surface area contributed by atoms with Gasteiger partial charge in [0.25, 0.3) is 0 Å². The van der Waals surface area contributed by atoms with Crippen LogP contribution in [0.25, 0.3) is 0 Å². The minimum atomic E-state index is -3.52. The fourth-order valence-electron chi connectivity index (χ4n) is 1.67. The fourth-order valence-corrected chi connectivity index (χ4v) is 5.44. The van der Waals surface area contributed by atoms with E-state index in [1.807, 2.05) is 13.2 Å². The molecule has 1 atom stereocenters. The van der Waals surface area contributed by atoms with Gasteiger partial charge < -0.3 is 5.11 Å². The Morgan fingerprint density at radius 1 is 1.56 bits per heavy atom. The summed E-state index contributed by atoms with van der Waals surface area (Å²) in [6.07, 6.45) is 1.95. The summed E-state index contributed by atoms with van der Waals surface area (Å²) in [6.45, 7) is 3.40. The predicted octanol–water partition coefficient (Wildman–Crippen LogP) is 1.92. The third-order valence-electron chi connectivity index (χ3n) is 2.80. The van der Waals surface area contributed by atoms with Crippen molar-refractivity contribution in [3.8, 4) is 0 Å². The Morgan fingerprint density at radius 2 is 2.17 bits per heavy atom. The van der Waals surface area contributed by atoms with Gasteiger partial charge in [-0.1, -0.05) is 0 Å². The molecule has 0 radical (unpaired) electrons. The van der Waals surface area contributed by atoms with Crippen molar-refractivity contribution in [3.05, 3.63) is 15.8 Å². The van der Waals surface area contributed by atoms with Crippen molar-refractivity contribution >= 4 is 33.1 Å². The molecule has 1 N–H and O–H groups in total. The Hall–Kier alpha value is -0.0800. The van der Waals surface area contributed by atoms with Crippen LogP contribution in [0.4, 0.5) is 0 Å². The van der Waals surface area contributed by atoms with Crippen LogP contribution in [0.15, 0.2) is 10.3 Å². The maximum atomic E-state index is 12.5. The SMILES string of the molecule is CSCC(C)N(C)S(=O)(=O)c1c(C)csc1CO. The van der Waals surface area contributed by atoms with Crippen molar-refractivity contribution in [2.45, 2.75) is 31.4 Å². The molecule has 0 saturated carbocycles. The zero-order valence-electron chi connectivity index (χ0n) is 11.0. The molecule has 0 fully saturated rings. The standard InChI is InChI=1S/C11H19NO3S3/c1-8-6-17-10(5-13)11(8)18(14,15)12(3)9(2)7-16-4/h6,9,13H,5,7H2,1-4H3. The topological polar surface area (TPSA) is 57.6 Å². The lowest BCUT2D eigenvalue weighted by atomic mass is 10.3. The zero-order chi connectivity index (χ0) is 13.9. The molecule has 104 valence electrons. The molecule has 0 aliphatic carbocycles. The highest BCUT2D eigenvalue weighted by Gasteiger charge is 2.29. The lowest BCUT2D eigenvalue weighted by Crippen LogP contribution is -2.37. The molecule has 0 spiro atoms. The summed E-state index contributed by atoms with van der Waals surface area (Å²) in [7, 11) is -1.93. The van der Waals surface area contributed by atoms with E-state index in [-0.39, 0.29) is 17.5 Å². The molecule has 4 nitrogen and oxygen atoms in total. The summed E-state index contributed by atoms with van der Waals surface area (Å²) in [5.41, 5.74) is 0.701. The fraction of sp³-hybridized carbons (Fsp3) is 0.636. The Morgan fingerprint density at radius 3 is 2.67 bits per heavy atom. The lowest BCUT2D eigenvalue weighted by Gasteiger charge is -2.24. The molecule has 0 bridgehead atoms. The molecule has 0 aliphatic rings. The van der Waals surface area contributed by atoms with E-state index in [0.717, 1.165) is 5.75 Å². The number of rotatable bonds is 6. The molecule has 1 rings (SSSR count). The average Bonchev–Trinajstić information content (AvgIpc) is 2.70. The first-order chi connectivity index (χ1) is 8.36. The zero-order valence-corrected chi connectivity index (χ0v) is 13.5. The van der Waals surface area contributed by atoms with Crippen molar-refractivity contribution in [2.75, 3.05) is 19.1 Å². The van der Waals surface area contributed by atoms with Crippen LogP contribution in [0, 0.1) is 6.92 Å². The van der Waals surface area contributed by atoms with Gasteiger partial charge in [0.05, 0.1) is 11.5 Å². The van der Waals surface area contributed by atoms with Gasteiger partial charge in [0.1, 0.15) is 4.90 Å². The van der Waals surface area contributed by atoms with Crippen LogP contribution >= 0.6 is 23.1 Å². The van der Waals surface area contributed by atoms with E-state index < -0.39 is 10.0 Å². The first kappa shape index (κ1) is 16.0. The number of hydrogen-bond acceptors (Lipinski definition) is 5. The maximum Gasteiger partial charge on any atom is 0.244 e. The molecule has 0 saturated heterocycles. The van der Waals surface area contributed by atoms with Gasteiger partial charge in [0.15, 0.2) is 0 Å². The van der Waals surface area contributed by atoms with Gasteiger partial charge in [-0.2, -0.15) is 16.1 Å². The molecule has 0 aliphatic heterocycles. The highest BCUT2D eigenvalue weighted by Crippen LogP contribution is 2.30. The van der Waals surface area contributed by atoms with Crippen LogP contribution < -0.4 is 0 Å². The van der Waals surface area contributed by atoms with Crippen LogP contribution in [0.2, 0.25) is 0 Å². The molecular formula is C11H19NO3S3. The molecule has 1 unspecified atom stereocenters. The van der Waals surface area contributed by atoms with Gasteiger partial charge in [-0.05, 0) is 31.0 Å². The minimum absolute atomic E-state index is 0.0733. The molecule has 1 aromatic heterocycles. The number of thiophene rings is 1. The van der Waals surface area contributed by atoms with Gasteiger partial charge in [-0.3, -0.25) is 0 Å². The van der Waals surface area contributed by atoms with Crippen LogP contribution in [-0.4, -0.2) is 42.9 Å². The van der Waals surface area contributed by atoms with E-state index in [1.165, 1.54) is 15.6 Å². The van der Waals surface area contributed by atoms with E-state index in [0.29, 0.717) is 10.4 Å². The molecule has 0 amide bonds. The van der Waals surface area contributed by atoms with Crippen molar-refractivity contribution in [3.63, 3.8) is 0 Å². The van der Waals surface area contributed by atoms with Crippen LogP contribution in [-0.2, 0) is 16.6 Å². The number of aliphatic hydroxyl groups excluding tert-OH is 1. The maximum absolute atomic E-state index is 12.5. The first-order valence-corrected chi connectivity index (χ1v) is 9.22. The second-order valence-corrected chi connectivity index (χ2v) is 7.96. The number of sulfonamides is 1. The molecule has 1 heterocycles. The van der Waals surface area contributed by atoms with E-state index in [1.54, 1.807) is 31.1 Å². The normalized spacial score (nSPS) is 14.1. The third-order valence-corrected chi connectivity index (χ3v) is 7.04. The van der Waals surface area contributed by atoms with Crippen molar-refractivity contribution in [1.82, 2.24) is 4.31 Å². The summed E-state index contributed by atoms with van der Waals surface area (Å²) >= 11 is 2.90. The van der Waals surface area contributed by atoms with E-state index >= 15 is 0 Å². The van der Waals surface area contributed by atoms with Crippen LogP contribution in [0.5, 0.6) is 0 Å². The number of nitrogens with zero attached hydrogens (tertiary/aromatic N) is 1. The van der Waals surface area contributed by atoms with Gasteiger partial charge in [0, 0.05) is 18.8 Å². The smallest absolute Gasteiger partial charge is 0.244 e. The predicted molar refractivity (Wildman–Crippen MR) is 77.8 cm³/mol. The summed E-state index contributed by atoms with van der Waals surface area (Å²) in [5.74, 6) is 0.743. The van der Waals surface area contributed by atoms with Gasteiger partial charge in [-0.15, -0.1) is 11.3 Å². The Balaban J connectivity index is 3.17. The number of thioether (sulfide) groups is 1. The van der Waals surface area contributed by atoms with E-state index in [4.69, 9.17) is 0 Å². The Bertz CT molecular complexity index is 496. The Kier molecular flexibility index (Phi) is 5.67. The average molecular weight is 309 g/mol. The summed E-state index contributed by atoms with van der Waals surface area (Å²) < 4.78 is 26.4. The Labute approximate surface area is 117 Å². The molecule has 18 heavy (non-hydrogen) atoms. The van der Waals surface area contributed by atoms with E-state index in [9.17, 15) is 13.5 Å². The minimum Gasteiger partial charge on any atom is -0.391 e. The van der Waals surface area contributed by atoms with Gasteiger partial charge in [-0.25, -0.2) is 8.42 Å². The molecular weight excluding hydrogens is 290 g/mol. The number of aliphatic hydroxyl groups is 1. The van der Waals surface area contributed by atoms with E-state index in [2.05, 4.69) is 0 Å². The second kappa shape index (κ2) is 6.38. The second-order valence-electron chi connectivity index (χ2n) is 4.15. The van der Waals surface area contributed by atoms with Crippen molar-refractivity contribution < 1.29 is 13.5 Å². The molecule has 0 aromatic carbocycles. The number of aryl methyl sites for hydroxylation is 1. The third kappa shape index (κ3) is 3.08. The molecule has 1 aromatic rings. The summed E-state index contributed by atoms with van der Waals surface area (Å²) in [5, 5.41) is 11.0. The quantitative estimate of drug-likeness (QED) is 0.872. The highest BCUT2D eigenvalue weighted by atomic mass is 32.2. The monoisotopic (exact) mass is 309 g/mol. The van der Waals surface area contributed by atoms with Gasteiger partial charge in [0.2, 0.25) is 10.0 Å². The first-order valence-electron chi connectivity index (χ1n) is 5.51. The summed E-state index contributed by atoms with van der Waals surface area (Å²) in [4.78, 5) is 0.779. The largest absolute Gasteiger partial charge is 0.391 e. The number of hydrogen-bond donors (Lipinski definition) is 1. The van der Waals surface area contributed by atoms with Gasteiger partial charge >= 0.3 is 0 Å². The van der Waals surface area contributed by atoms with Crippen molar-refractivity contribution in [1.29, 1.82) is 0 Å².